The van der Waals surface area contributed by atoms with Crippen LogP contribution in [-0.4, -0.2) is 4.98 Å². The predicted octanol–water partition coefficient (Wildman–Crippen LogP) is 5.70. The number of rotatable bonds is 3. The van der Waals surface area contributed by atoms with Gasteiger partial charge in [-0.3, -0.25) is 4.98 Å². The van der Waals surface area contributed by atoms with Gasteiger partial charge in [0, 0.05) is 11.8 Å². The lowest BCUT2D eigenvalue weighted by atomic mass is 9.88. The van der Waals surface area contributed by atoms with E-state index in [0.717, 1.165) is 37.0 Å². The third-order valence-electron chi connectivity index (χ3n) is 4.38. The molecule has 0 bridgehead atoms. The second-order valence-corrected chi connectivity index (χ2v) is 6.09. The fraction of sp³-hybridized carbons (Fsp3) is 0.316. The highest BCUT2D eigenvalue weighted by Crippen LogP contribution is 2.30. The van der Waals surface area contributed by atoms with Gasteiger partial charge in [-0.25, -0.2) is 13.2 Å². The molecule has 23 heavy (non-hydrogen) atoms. The molecule has 1 aromatic carbocycles. The van der Waals surface area contributed by atoms with Gasteiger partial charge in [-0.2, -0.15) is 0 Å². The van der Waals surface area contributed by atoms with E-state index in [1.807, 2.05) is 6.07 Å². The molecule has 1 aromatic heterocycles. The van der Waals surface area contributed by atoms with Crippen LogP contribution in [0.3, 0.4) is 0 Å². The number of hydrogen-bond donors (Lipinski definition) is 0. The van der Waals surface area contributed by atoms with Gasteiger partial charge in [0.1, 0.15) is 18.3 Å². The number of aromatic nitrogens is 1. The Labute approximate surface area is 133 Å². The molecule has 0 N–H and O–H groups in total. The maximum Gasteiger partial charge on any atom is 0.132 e. The summed E-state index contributed by atoms with van der Waals surface area (Å²) in [6.45, 7) is 1.08. The fourth-order valence-corrected chi connectivity index (χ4v) is 2.86. The topological polar surface area (TPSA) is 12.9 Å². The van der Waals surface area contributed by atoms with Gasteiger partial charge in [-0.15, -0.1) is 0 Å². The summed E-state index contributed by atoms with van der Waals surface area (Å²) in [4.78, 5) is 4.31. The Morgan fingerprint density at radius 1 is 1.13 bits per heavy atom. The molecule has 1 aliphatic rings. The van der Waals surface area contributed by atoms with Crippen LogP contribution in [0.1, 0.15) is 37.3 Å². The Hall–Kier alpha value is -2.10. The van der Waals surface area contributed by atoms with E-state index >= 15 is 0 Å². The van der Waals surface area contributed by atoms with Gasteiger partial charge in [0.2, 0.25) is 0 Å². The van der Waals surface area contributed by atoms with Crippen molar-refractivity contribution in [3.63, 3.8) is 0 Å². The van der Waals surface area contributed by atoms with E-state index in [0.29, 0.717) is 17.2 Å². The monoisotopic (exact) mass is 317 g/mol. The van der Waals surface area contributed by atoms with Crippen molar-refractivity contribution in [3.05, 3.63) is 59.3 Å². The lowest BCUT2D eigenvalue weighted by Crippen LogP contribution is -2.01. The molecule has 0 aliphatic heterocycles. The number of alkyl halides is 1. The molecule has 0 saturated carbocycles. The fourth-order valence-electron chi connectivity index (χ4n) is 2.86. The average molecular weight is 317 g/mol. The lowest BCUT2D eigenvalue weighted by molar-refractivity contribution is 0.440. The summed E-state index contributed by atoms with van der Waals surface area (Å²) in [5, 5.41) is 0. The second-order valence-electron chi connectivity index (χ2n) is 6.09. The minimum atomic E-state index is -1.16. The van der Waals surface area contributed by atoms with E-state index < -0.39 is 23.9 Å². The number of hydrogen-bond acceptors (Lipinski definition) is 1. The van der Waals surface area contributed by atoms with Crippen LogP contribution < -0.4 is 0 Å². The molecule has 3 rings (SSSR count). The van der Waals surface area contributed by atoms with Crippen LogP contribution in [0.4, 0.5) is 13.2 Å². The summed E-state index contributed by atoms with van der Waals surface area (Å²) in [5.74, 6) is -1.04. The molecule has 0 saturated heterocycles. The third-order valence-corrected chi connectivity index (χ3v) is 4.38. The van der Waals surface area contributed by atoms with Crippen molar-refractivity contribution in [1.82, 2.24) is 4.98 Å². The summed E-state index contributed by atoms with van der Waals surface area (Å²) in [6.07, 6.45) is 7.22. The van der Waals surface area contributed by atoms with Crippen molar-refractivity contribution < 1.29 is 13.2 Å². The number of nitrogens with zero attached hydrogens (tertiary/aromatic N) is 1. The number of halogens is 3. The number of pyridine rings is 1. The van der Waals surface area contributed by atoms with Crippen molar-refractivity contribution >= 4 is 5.57 Å². The average Bonchev–Trinajstić information content (AvgIpc) is 2.55. The van der Waals surface area contributed by atoms with E-state index in [4.69, 9.17) is 0 Å². The smallest absolute Gasteiger partial charge is 0.132 e. The minimum absolute atomic E-state index is 0.315. The van der Waals surface area contributed by atoms with E-state index in [9.17, 15) is 13.2 Å². The zero-order chi connectivity index (χ0) is 16.4. The van der Waals surface area contributed by atoms with Crippen molar-refractivity contribution in [2.24, 2.45) is 5.92 Å². The molecule has 0 fully saturated rings. The molecule has 120 valence electrons. The summed E-state index contributed by atoms with van der Waals surface area (Å²) in [7, 11) is 0. The molecule has 1 nitrogen and oxygen atoms in total. The Kier molecular flexibility index (Phi) is 4.51. The summed E-state index contributed by atoms with van der Waals surface area (Å²) >= 11 is 0. The highest BCUT2D eigenvalue weighted by molar-refractivity contribution is 5.68. The van der Waals surface area contributed by atoms with Crippen molar-refractivity contribution in [1.29, 1.82) is 0 Å². The summed E-state index contributed by atoms with van der Waals surface area (Å²) in [5.41, 5.74) is 2.57. The van der Waals surface area contributed by atoms with Crippen LogP contribution in [0.2, 0.25) is 0 Å². The van der Waals surface area contributed by atoms with Crippen LogP contribution in [-0.2, 0) is 6.67 Å². The molecule has 4 heteroatoms. The number of benzene rings is 1. The molecular formula is C19H18F3N. The quantitative estimate of drug-likeness (QED) is 0.707. The number of allylic oxidation sites excluding steroid dienone is 2. The van der Waals surface area contributed by atoms with Crippen LogP contribution in [0, 0.1) is 17.6 Å². The van der Waals surface area contributed by atoms with E-state index in [2.05, 4.69) is 18.0 Å². The lowest BCUT2D eigenvalue weighted by Gasteiger charge is -2.18. The highest BCUT2D eigenvalue weighted by atomic mass is 19.1. The van der Waals surface area contributed by atoms with Crippen LogP contribution >= 0.6 is 0 Å². The summed E-state index contributed by atoms with van der Waals surface area (Å²) < 4.78 is 39.9. The molecular weight excluding hydrogens is 299 g/mol. The Morgan fingerprint density at radius 2 is 1.87 bits per heavy atom. The molecule has 2 aromatic rings. The molecule has 0 radical (unpaired) electrons. The van der Waals surface area contributed by atoms with Gasteiger partial charge in [0.15, 0.2) is 0 Å². The second kappa shape index (κ2) is 6.57. The standard InChI is InChI=1S/C19H18F3N/c1-12-2-4-13(5-3-12)14-6-7-19(23-11-14)15-8-17(21)16(10-20)18(22)9-15/h4,6-9,11-12H,2-3,5,10H2,1H3. The predicted molar refractivity (Wildman–Crippen MR) is 85.4 cm³/mol. The van der Waals surface area contributed by atoms with Crippen LogP contribution in [0.5, 0.6) is 0 Å². The Balaban J connectivity index is 1.88. The van der Waals surface area contributed by atoms with Crippen molar-refractivity contribution in [2.75, 3.05) is 0 Å². The zero-order valence-electron chi connectivity index (χ0n) is 13.0. The molecule has 1 unspecified atom stereocenters. The molecule has 1 atom stereocenters. The van der Waals surface area contributed by atoms with Gasteiger partial charge in [0.25, 0.3) is 0 Å². The first-order valence-electron chi connectivity index (χ1n) is 7.78. The van der Waals surface area contributed by atoms with Crippen LogP contribution in [0.25, 0.3) is 16.8 Å². The molecule has 0 amide bonds. The molecule has 1 aliphatic carbocycles. The van der Waals surface area contributed by atoms with E-state index in [1.54, 1.807) is 12.3 Å². The Bertz CT molecular complexity index is 712. The first kappa shape index (κ1) is 15.8. The SMILES string of the molecule is CC1CC=C(c2ccc(-c3cc(F)c(CF)c(F)c3)nc2)CC1. The summed E-state index contributed by atoms with van der Waals surface area (Å²) in [6, 6.07) is 5.92. The first-order valence-corrected chi connectivity index (χ1v) is 7.78. The molecule has 1 heterocycles. The molecule has 0 spiro atoms. The third kappa shape index (κ3) is 3.31. The minimum Gasteiger partial charge on any atom is -0.256 e. The Morgan fingerprint density at radius 3 is 2.39 bits per heavy atom. The largest absolute Gasteiger partial charge is 0.256 e. The van der Waals surface area contributed by atoms with Crippen molar-refractivity contribution in [3.8, 4) is 11.3 Å². The van der Waals surface area contributed by atoms with E-state index in [1.165, 1.54) is 5.57 Å². The van der Waals surface area contributed by atoms with E-state index in [-0.39, 0.29) is 0 Å². The first-order chi connectivity index (χ1) is 11.1. The van der Waals surface area contributed by atoms with Gasteiger partial charge >= 0.3 is 0 Å². The van der Waals surface area contributed by atoms with Gasteiger partial charge in [-0.05, 0) is 54.5 Å². The van der Waals surface area contributed by atoms with Gasteiger partial charge in [-0.1, -0.05) is 19.1 Å². The van der Waals surface area contributed by atoms with Crippen LogP contribution in [0.15, 0.2) is 36.5 Å². The highest BCUT2D eigenvalue weighted by Gasteiger charge is 2.14. The maximum atomic E-state index is 13.7. The van der Waals surface area contributed by atoms with Crippen molar-refractivity contribution in [2.45, 2.75) is 32.9 Å². The maximum absolute atomic E-state index is 13.7. The van der Waals surface area contributed by atoms with Gasteiger partial charge in [0.05, 0.1) is 11.3 Å². The van der Waals surface area contributed by atoms with Gasteiger partial charge < -0.3 is 0 Å². The zero-order valence-corrected chi connectivity index (χ0v) is 13.0. The normalized spacial score (nSPS) is 17.9.